The quantitative estimate of drug-likeness (QED) is 0.475. The van der Waals surface area contributed by atoms with Crippen molar-refractivity contribution in [1.82, 2.24) is 4.98 Å². The Morgan fingerprint density at radius 3 is 2.66 bits per heavy atom. The van der Waals surface area contributed by atoms with Crippen LogP contribution in [0.1, 0.15) is 26.6 Å². The molecule has 0 bridgehead atoms. The summed E-state index contributed by atoms with van der Waals surface area (Å²) in [6.45, 7) is 0. The first kappa shape index (κ1) is 18.7. The molecule has 4 rings (SSSR count). The number of carboxylic acid groups (broad SMARTS) is 1. The number of nitrogens with one attached hydrogen (secondary N) is 1. The Labute approximate surface area is 172 Å². The van der Waals surface area contributed by atoms with Crippen molar-refractivity contribution in [1.29, 1.82) is 5.26 Å². The fraction of sp³-hybridized carbons (Fsp3) is 0. The molecule has 29 heavy (non-hydrogen) atoms. The number of para-hydroxylation sites is 1. The van der Waals surface area contributed by atoms with Crippen LogP contribution in [0.2, 0.25) is 5.02 Å². The topological polar surface area (TPSA) is 116 Å². The first-order valence-corrected chi connectivity index (χ1v) is 9.45. The second-order valence-corrected chi connectivity index (χ2v) is 7.22. The highest BCUT2D eigenvalue weighted by Crippen LogP contribution is 2.36. The molecular weight excluding hydrogens is 414 g/mol. The Balaban J connectivity index is 1.69. The minimum absolute atomic E-state index is 0.0421. The Morgan fingerprint density at radius 2 is 1.97 bits per heavy atom. The van der Waals surface area contributed by atoms with Crippen LogP contribution in [0.4, 0.5) is 5.69 Å². The van der Waals surface area contributed by atoms with Crippen LogP contribution in [-0.2, 0) is 0 Å². The first-order valence-electron chi connectivity index (χ1n) is 8.19. The molecule has 2 aromatic carbocycles. The Kier molecular flexibility index (Phi) is 4.76. The third-order valence-electron chi connectivity index (χ3n) is 4.09. The number of aromatic nitrogens is 1. The van der Waals surface area contributed by atoms with E-state index in [4.69, 9.17) is 21.3 Å². The molecule has 1 amide bonds. The van der Waals surface area contributed by atoms with E-state index < -0.39 is 11.9 Å². The Morgan fingerprint density at radius 1 is 1.21 bits per heavy atom. The lowest BCUT2D eigenvalue weighted by atomic mass is 10.1. The molecule has 7 nitrogen and oxygen atoms in total. The standard InChI is InChI=1S/C20H10ClN3O4S/c21-12-6-4-10(5-7-12)17-15(20(26)27)14(9-29-17)23-18(25)19-24-13-3-1-2-11(8-22)16(13)28-19/h1-7,9H,(H,23,25)(H,26,27). The zero-order valence-electron chi connectivity index (χ0n) is 14.5. The van der Waals surface area contributed by atoms with Crippen molar-refractivity contribution in [3.8, 4) is 16.5 Å². The third-order valence-corrected chi connectivity index (χ3v) is 5.37. The van der Waals surface area contributed by atoms with Crippen LogP contribution in [0, 0.1) is 11.3 Å². The molecule has 0 radical (unpaired) electrons. The van der Waals surface area contributed by atoms with Gasteiger partial charge in [-0.2, -0.15) is 5.26 Å². The van der Waals surface area contributed by atoms with Gasteiger partial charge in [0.2, 0.25) is 0 Å². The van der Waals surface area contributed by atoms with Crippen molar-refractivity contribution < 1.29 is 19.1 Å². The Hall–Kier alpha value is -3.67. The third kappa shape index (κ3) is 3.45. The van der Waals surface area contributed by atoms with Gasteiger partial charge in [0.05, 0.1) is 16.1 Å². The van der Waals surface area contributed by atoms with E-state index in [0.717, 1.165) is 0 Å². The van der Waals surface area contributed by atoms with E-state index in [1.54, 1.807) is 42.5 Å². The van der Waals surface area contributed by atoms with E-state index in [9.17, 15) is 14.7 Å². The summed E-state index contributed by atoms with van der Waals surface area (Å²) in [5, 5.41) is 23.4. The fourth-order valence-electron chi connectivity index (χ4n) is 2.79. The number of carbonyl (C=O) groups is 2. The second-order valence-electron chi connectivity index (χ2n) is 5.90. The van der Waals surface area contributed by atoms with E-state index in [-0.39, 0.29) is 28.3 Å². The summed E-state index contributed by atoms with van der Waals surface area (Å²) in [4.78, 5) is 29.0. The van der Waals surface area contributed by atoms with Gasteiger partial charge in [0.15, 0.2) is 5.58 Å². The van der Waals surface area contributed by atoms with E-state index in [2.05, 4.69) is 10.3 Å². The van der Waals surface area contributed by atoms with Gasteiger partial charge in [-0.3, -0.25) is 4.79 Å². The summed E-state index contributed by atoms with van der Waals surface area (Å²) < 4.78 is 5.42. The number of anilines is 1. The molecular formula is C20H10ClN3O4S. The van der Waals surface area contributed by atoms with Gasteiger partial charge in [0, 0.05) is 10.4 Å². The van der Waals surface area contributed by atoms with Gasteiger partial charge in [-0.25, -0.2) is 9.78 Å². The molecule has 142 valence electrons. The lowest BCUT2D eigenvalue weighted by Crippen LogP contribution is -2.14. The lowest BCUT2D eigenvalue weighted by Gasteiger charge is -2.04. The van der Waals surface area contributed by atoms with Crippen molar-refractivity contribution in [3.63, 3.8) is 0 Å². The van der Waals surface area contributed by atoms with Gasteiger partial charge < -0.3 is 14.8 Å². The molecule has 2 heterocycles. The Bertz CT molecular complexity index is 1300. The number of fused-ring (bicyclic) bond motifs is 1. The molecule has 0 saturated heterocycles. The van der Waals surface area contributed by atoms with Gasteiger partial charge >= 0.3 is 11.9 Å². The summed E-state index contributed by atoms with van der Waals surface area (Å²) in [6.07, 6.45) is 0. The molecule has 0 fully saturated rings. The number of oxazole rings is 1. The van der Waals surface area contributed by atoms with Crippen molar-refractivity contribution in [2.45, 2.75) is 0 Å². The molecule has 0 aliphatic carbocycles. The SMILES string of the molecule is N#Cc1cccc2nc(C(=O)Nc3csc(-c4ccc(Cl)cc4)c3C(=O)O)oc12. The maximum atomic E-state index is 12.6. The van der Waals surface area contributed by atoms with Crippen LogP contribution >= 0.6 is 22.9 Å². The van der Waals surface area contributed by atoms with Crippen LogP contribution in [0.3, 0.4) is 0 Å². The van der Waals surface area contributed by atoms with Crippen molar-refractivity contribution in [3.05, 3.63) is 69.9 Å². The van der Waals surface area contributed by atoms with Crippen molar-refractivity contribution in [2.24, 2.45) is 0 Å². The number of nitriles is 1. The highest BCUT2D eigenvalue weighted by molar-refractivity contribution is 7.14. The number of hydrogen-bond donors (Lipinski definition) is 2. The van der Waals surface area contributed by atoms with Gasteiger partial charge in [0.1, 0.15) is 17.1 Å². The highest BCUT2D eigenvalue weighted by Gasteiger charge is 2.23. The minimum Gasteiger partial charge on any atom is -0.478 e. The van der Waals surface area contributed by atoms with E-state index in [1.165, 1.54) is 16.7 Å². The summed E-state index contributed by atoms with van der Waals surface area (Å²) in [5.74, 6) is -2.16. The maximum absolute atomic E-state index is 12.6. The van der Waals surface area contributed by atoms with Gasteiger partial charge in [0.25, 0.3) is 5.89 Å². The average molecular weight is 424 g/mol. The van der Waals surface area contributed by atoms with Gasteiger partial charge in [-0.05, 0) is 29.8 Å². The van der Waals surface area contributed by atoms with Crippen LogP contribution < -0.4 is 5.32 Å². The average Bonchev–Trinajstić information content (AvgIpc) is 3.32. The van der Waals surface area contributed by atoms with Gasteiger partial charge in [-0.15, -0.1) is 11.3 Å². The second kappa shape index (κ2) is 7.39. The number of aromatic carboxylic acids is 1. The molecule has 0 spiro atoms. The number of rotatable bonds is 4. The van der Waals surface area contributed by atoms with Crippen LogP contribution in [0.5, 0.6) is 0 Å². The number of carbonyl (C=O) groups excluding carboxylic acids is 1. The highest BCUT2D eigenvalue weighted by atomic mass is 35.5. The predicted octanol–water partition coefficient (Wildman–Crippen LogP) is 5.03. The zero-order chi connectivity index (χ0) is 20.5. The molecule has 2 aromatic heterocycles. The molecule has 0 atom stereocenters. The summed E-state index contributed by atoms with van der Waals surface area (Å²) in [7, 11) is 0. The molecule has 2 N–H and O–H groups in total. The maximum Gasteiger partial charge on any atom is 0.339 e. The predicted molar refractivity (Wildman–Crippen MR) is 108 cm³/mol. The van der Waals surface area contributed by atoms with Gasteiger partial charge in [-0.1, -0.05) is 29.8 Å². The zero-order valence-corrected chi connectivity index (χ0v) is 16.0. The minimum atomic E-state index is -1.18. The number of thiophene rings is 1. The monoisotopic (exact) mass is 423 g/mol. The largest absolute Gasteiger partial charge is 0.478 e. The van der Waals surface area contributed by atoms with Crippen molar-refractivity contribution in [2.75, 3.05) is 5.32 Å². The molecule has 9 heteroatoms. The normalized spacial score (nSPS) is 10.6. The molecule has 4 aromatic rings. The van der Waals surface area contributed by atoms with Crippen LogP contribution in [-0.4, -0.2) is 22.0 Å². The fourth-order valence-corrected chi connectivity index (χ4v) is 3.91. The smallest absolute Gasteiger partial charge is 0.339 e. The molecule has 0 aliphatic heterocycles. The van der Waals surface area contributed by atoms with E-state index >= 15 is 0 Å². The summed E-state index contributed by atoms with van der Waals surface area (Å²) in [6, 6.07) is 13.5. The number of amides is 1. The van der Waals surface area contributed by atoms with Crippen LogP contribution in [0.15, 0.2) is 52.3 Å². The van der Waals surface area contributed by atoms with E-state index in [1.807, 2.05) is 6.07 Å². The number of carboxylic acids is 1. The summed E-state index contributed by atoms with van der Waals surface area (Å²) in [5.41, 5.74) is 1.56. The van der Waals surface area contributed by atoms with Crippen molar-refractivity contribution >= 4 is 51.6 Å². The number of benzene rings is 2. The molecule has 0 saturated carbocycles. The number of halogens is 1. The molecule has 0 unspecified atom stereocenters. The molecule has 0 aliphatic rings. The lowest BCUT2D eigenvalue weighted by molar-refractivity contribution is 0.0699. The van der Waals surface area contributed by atoms with Crippen LogP contribution in [0.25, 0.3) is 21.5 Å². The number of nitrogens with zero attached hydrogens (tertiary/aromatic N) is 2. The van der Waals surface area contributed by atoms with E-state index in [0.29, 0.717) is 21.0 Å². The first-order chi connectivity index (χ1) is 14.0. The number of hydrogen-bond acceptors (Lipinski definition) is 6. The summed E-state index contributed by atoms with van der Waals surface area (Å²) >= 11 is 7.07.